The number of rotatable bonds is 2. The fraction of sp³-hybridized carbons (Fsp3) is 0.562. The van der Waals surface area contributed by atoms with Crippen molar-refractivity contribution in [3.8, 4) is 5.75 Å². The molecule has 0 amide bonds. The van der Waals surface area contributed by atoms with Gasteiger partial charge in [-0.2, -0.15) is 0 Å². The zero-order chi connectivity index (χ0) is 14.4. The van der Waals surface area contributed by atoms with Gasteiger partial charge in [0.2, 0.25) is 0 Å². The Balaban J connectivity index is 2.78. The first kappa shape index (κ1) is 13.9. The number of ether oxygens (including phenoxy) is 1. The van der Waals surface area contributed by atoms with Gasteiger partial charge in [0.15, 0.2) is 0 Å². The van der Waals surface area contributed by atoms with Crippen molar-refractivity contribution in [1.82, 2.24) is 0 Å². The molecule has 0 aromatic heterocycles. The Hall–Kier alpha value is -1.51. The maximum atomic E-state index is 11.3. The van der Waals surface area contributed by atoms with E-state index in [-0.39, 0.29) is 10.8 Å². The van der Waals surface area contributed by atoms with Crippen LogP contribution in [0, 0.1) is 0 Å². The highest BCUT2D eigenvalue weighted by Crippen LogP contribution is 2.49. The summed E-state index contributed by atoms with van der Waals surface area (Å²) in [4.78, 5) is 11.3. The topological polar surface area (TPSA) is 46.5 Å². The summed E-state index contributed by atoms with van der Waals surface area (Å²) in [6.07, 6.45) is 2.13. The van der Waals surface area contributed by atoms with Crippen LogP contribution in [0.15, 0.2) is 12.1 Å². The molecule has 0 bridgehead atoms. The van der Waals surface area contributed by atoms with Gasteiger partial charge in [0.1, 0.15) is 5.75 Å². The molecular formula is C16H22O3. The molecule has 1 aliphatic carbocycles. The van der Waals surface area contributed by atoms with E-state index in [9.17, 15) is 9.90 Å². The van der Waals surface area contributed by atoms with Crippen molar-refractivity contribution in [3.63, 3.8) is 0 Å². The summed E-state index contributed by atoms with van der Waals surface area (Å²) in [5, 5.41) is 9.25. The Labute approximate surface area is 114 Å². The van der Waals surface area contributed by atoms with Gasteiger partial charge < -0.3 is 9.84 Å². The molecule has 104 valence electrons. The molecule has 1 aromatic rings. The predicted molar refractivity (Wildman–Crippen MR) is 75.2 cm³/mol. The quantitative estimate of drug-likeness (QED) is 0.883. The number of carbonyl (C=O) groups is 1. The Morgan fingerprint density at radius 1 is 1.16 bits per heavy atom. The van der Waals surface area contributed by atoms with Crippen LogP contribution in [0.2, 0.25) is 0 Å². The van der Waals surface area contributed by atoms with E-state index in [1.54, 1.807) is 13.2 Å². The summed E-state index contributed by atoms with van der Waals surface area (Å²) in [5.41, 5.74) is 2.59. The molecule has 1 N–H and O–H groups in total. The summed E-state index contributed by atoms with van der Waals surface area (Å²) in [7, 11) is 1.61. The van der Waals surface area contributed by atoms with Crippen LogP contribution in [0.1, 0.15) is 62.0 Å². The van der Waals surface area contributed by atoms with E-state index in [1.165, 1.54) is 0 Å². The van der Waals surface area contributed by atoms with Gasteiger partial charge >= 0.3 is 5.97 Å². The van der Waals surface area contributed by atoms with Crippen molar-refractivity contribution in [1.29, 1.82) is 0 Å². The highest BCUT2D eigenvalue weighted by molar-refractivity contribution is 5.89. The lowest BCUT2D eigenvalue weighted by Gasteiger charge is -2.42. The first-order valence-corrected chi connectivity index (χ1v) is 6.65. The summed E-state index contributed by atoms with van der Waals surface area (Å²) in [5.74, 6) is -0.201. The first-order chi connectivity index (χ1) is 8.69. The van der Waals surface area contributed by atoms with Gasteiger partial charge in [-0.1, -0.05) is 27.7 Å². The zero-order valence-electron chi connectivity index (χ0n) is 12.3. The molecule has 0 aliphatic heterocycles. The lowest BCUT2D eigenvalue weighted by atomic mass is 9.62. The minimum Gasteiger partial charge on any atom is -0.496 e. The highest BCUT2D eigenvalue weighted by atomic mass is 16.5. The van der Waals surface area contributed by atoms with Crippen LogP contribution < -0.4 is 4.74 Å². The smallest absolute Gasteiger partial charge is 0.335 e. The highest BCUT2D eigenvalue weighted by Gasteiger charge is 2.39. The minimum absolute atomic E-state index is 0.0103. The van der Waals surface area contributed by atoms with E-state index in [1.807, 2.05) is 6.07 Å². The maximum absolute atomic E-state index is 11.3. The van der Waals surface area contributed by atoms with Crippen molar-refractivity contribution in [2.45, 2.75) is 51.4 Å². The van der Waals surface area contributed by atoms with Crippen molar-refractivity contribution in [2.24, 2.45) is 0 Å². The van der Waals surface area contributed by atoms with Gasteiger partial charge in [-0.25, -0.2) is 4.79 Å². The molecule has 0 saturated heterocycles. The average molecular weight is 262 g/mol. The fourth-order valence-corrected chi connectivity index (χ4v) is 3.02. The molecule has 3 heteroatoms. The summed E-state index contributed by atoms with van der Waals surface area (Å²) in [6, 6.07) is 3.46. The Kier molecular flexibility index (Phi) is 3.12. The van der Waals surface area contributed by atoms with Gasteiger partial charge in [0.25, 0.3) is 0 Å². The van der Waals surface area contributed by atoms with Crippen LogP contribution in [-0.4, -0.2) is 18.2 Å². The molecule has 1 aromatic carbocycles. The summed E-state index contributed by atoms with van der Waals surface area (Å²) in [6.45, 7) is 8.74. The number of hydrogen-bond acceptors (Lipinski definition) is 2. The van der Waals surface area contributed by atoms with E-state index in [0.29, 0.717) is 11.3 Å². The number of benzene rings is 1. The van der Waals surface area contributed by atoms with Gasteiger partial charge in [-0.05, 0) is 41.4 Å². The van der Waals surface area contributed by atoms with Crippen LogP contribution >= 0.6 is 0 Å². The van der Waals surface area contributed by atoms with Gasteiger partial charge in [-0.15, -0.1) is 0 Å². The van der Waals surface area contributed by atoms with Gasteiger partial charge in [0, 0.05) is 5.56 Å². The molecule has 1 aliphatic rings. The van der Waals surface area contributed by atoms with Crippen LogP contribution in [0.3, 0.4) is 0 Å². The van der Waals surface area contributed by atoms with Crippen LogP contribution in [0.5, 0.6) is 5.75 Å². The van der Waals surface area contributed by atoms with E-state index < -0.39 is 5.97 Å². The number of methoxy groups -OCH3 is 1. The van der Waals surface area contributed by atoms with Crippen LogP contribution in [0.25, 0.3) is 0 Å². The van der Waals surface area contributed by atoms with E-state index in [0.717, 1.165) is 24.0 Å². The average Bonchev–Trinajstić information content (AvgIpc) is 2.33. The molecule has 19 heavy (non-hydrogen) atoms. The molecule has 0 fully saturated rings. The molecule has 0 spiro atoms. The molecular weight excluding hydrogens is 240 g/mol. The SMILES string of the molecule is COc1cc(C(=O)O)cc2c1C(C)(C)CCC2(C)C. The van der Waals surface area contributed by atoms with Crippen molar-refractivity contribution >= 4 is 5.97 Å². The third-order valence-corrected chi connectivity index (χ3v) is 4.35. The molecule has 0 heterocycles. The normalized spacial score (nSPS) is 19.6. The van der Waals surface area contributed by atoms with Crippen LogP contribution in [-0.2, 0) is 10.8 Å². The minimum atomic E-state index is -0.903. The van der Waals surface area contributed by atoms with Gasteiger partial charge in [-0.3, -0.25) is 0 Å². The van der Waals surface area contributed by atoms with Crippen molar-refractivity contribution in [3.05, 3.63) is 28.8 Å². The lowest BCUT2D eigenvalue weighted by molar-refractivity contribution is 0.0696. The summed E-state index contributed by atoms with van der Waals surface area (Å²) >= 11 is 0. The second-order valence-corrected chi connectivity index (χ2v) is 6.67. The Morgan fingerprint density at radius 3 is 2.26 bits per heavy atom. The molecule has 0 saturated carbocycles. The molecule has 0 radical (unpaired) electrons. The first-order valence-electron chi connectivity index (χ1n) is 6.65. The lowest BCUT2D eigenvalue weighted by Crippen LogP contribution is -2.34. The second kappa shape index (κ2) is 4.26. The number of hydrogen-bond donors (Lipinski definition) is 1. The molecule has 2 rings (SSSR count). The number of aromatic carboxylic acids is 1. The third-order valence-electron chi connectivity index (χ3n) is 4.35. The molecule has 0 unspecified atom stereocenters. The number of carboxylic acid groups (broad SMARTS) is 1. The van der Waals surface area contributed by atoms with E-state index in [2.05, 4.69) is 27.7 Å². The maximum Gasteiger partial charge on any atom is 0.335 e. The summed E-state index contributed by atoms with van der Waals surface area (Å²) < 4.78 is 5.47. The van der Waals surface area contributed by atoms with E-state index >= 15 is 0 Å². The number of fused-ring (bicyclic) bond motifs is 1. The van der Waals surface area contributed by atoms with E-state index in [4.69, 9.17) is 4.74 Å². The van der Waals surface area contributed by atoms with Crippen molar-refractivity contribution in [2.75, 3.05) is 7.11 Å². The Bertz CT molecular complexity index is 527. The number of carboxylic acids is 1. The molecule has 0 atom stereocenters. The fourth-order valence-electron chi connectivity index (χ4n) is 3.02. The predicted octanol–water partition coefficient (Wildman–Crippen LogP) is 3.74. The zero-order valence-corrected chi connectivity index (χ0v) is 12.3. The monoisotopic (exact) mass is 262 g/mol. The van der Waals surface area contributed by atoms with Crippen LogP contribution in [0.4, 0.5) is 0 Å². The van der Waals surface area contributed by atoms with Gasteiger partial charge in [0.05, 0.1) is 12.7 Å². The second-order valence-electron chi connectivity index (χ2n) is 6.67. The van der Waals surface area contributed by atoms with Crippen molar-refractivity contribution < 1.29 is 14.6 Å². The Morgan fingerprint density at radius 2 is 1.74 bits per heavy atom. The standard InChI is InChI=1S/C16H22O3/c1-15(2)6-7-16(3,4)13-11(15)8-10(14(17)18)9-12(13)19-5/h8-9H,6-7H2,1-5H3,(H,17,18). The largest absolute Gasteiger partial charge is 0.496 e. The third kappa shape index (κ3) is 2.22. The molecule has 3 nitrogen and oxygen atoms in total.